The molecule has 2 N–H and O–H groups in total. The summed E-state index contributed by atoms with van der Waals surface area (Å²) in [6, 6.07) is 6.96. The third-order valence-electron chi connectivity index (χ3n) is 3.63. The Bertz CT molecular complexity index is 490. The van der Waals surface area contributed by atoms with Crippen molar-refractivity contribution in [1.82, 2.24) is 4.90 Å². The second kappa shape index (κ2) is 7.38. The number of thioether (sulfide) groups is 1. The number of piperidine rings is 1. The van der Waals surface area contributed by atoms with Crippen LogP contribution in [0.4, 0.5) is 10.5 Å². The highest BCUT2D eigenvalue weighted by Gasteiger charge is 2.33. The van der Waals surface area contributed by atoms with E-state index in [1.54, 1.807) is 34.9 Å². The Balaban J connectivity index is 1.85. The van der Waals surface area contributed by atoms with Crippen LogP contribution < -0.4 is 5.32 Å². The van der Waals surface area contributed by atoms with Crippen LogP contribution in [0.5, 0.6) is 0 Å². The minimum atomic E-state index is -0.631. The number of anilines is 1. The van der Waals surface area contributed by atoms with Crippen molar-refractivity contribution in [2.45, 2.75) is 25.4 Å². The Morgan fingerprint density at radius 2 is 2.19 bits per heavy atom. The van der Waals surface area contributed by atoms with E-state index in [1.165, 1.54) is 0 Å². The number of likely N-dealkylation sites (tertiary alicyclic amines) is 1. The molecule has 0 saturated carbocycles. The number of aliphatic hydroxyl groups is 1. The first-order chi connectivity index (χ1) is 10.0. The fourth-order valence-corrected chi connectivity index (χ4v) is 3.39. The first-order valence-electron chi connectivity index (χ1n) is 7.14. The first kappa shape index (κ1) is 16.5. The van der Waals surface area contributed by atoms with Gasteiger partial charge in [-0.05, 0) is 36.8 Å². The molecule has 1 aliphatic heterocycles. The summed E-state index contributed by atoms with van der Waals surface area (Å²) in [5, 5.41) is 13.9. The average molecular weight is 329 g/mol. The van der Waals surface area contributed by atoms with Crippen LogP contribution in [0.25, 0.3) is 0 Å². The molecule has 4 nitrogen and oxygen atoms in total. The lowest BCUT2D eigenvalue weighted by Gasteiger charge is -2.38. The smallest absolute Gasteiger partial charge is 0.321 e. The Hall–Kier alpha value is -0.910. The summed E-state index contributed by atoms with van der Waals surface area (Å²) in [7, 11) is 0. The quantitative estimate of drug-likeness (QED) is 0.890. The molecule has 2 amide bonds. The Morgan fingerprint density at radius 3 is 2.81 bits per heavy atom. The molecule has 0 aliphatic carbocycles. The van der Waals surface area contributed by atoms with Crippen LogP contribution in [0.2, 0.25) is 5.02 Å². The van der Waals surface area contributed by atoms with Crippen molar-refractivity contribution in [3.8, 4) is 0 Å². The molecule has 1 aromatic rings. The van der Waals surface area contributed by atoms with Crippen LogP contribution in [-0.4, -0.2) is 46.2 Å². The van der Waals surface area contributed by atoms with Gasteiger partial charge in [0.2, 0.25) is 0 Å². The molecule has 1 fully saturated rings. The number of hydrogen-bond acceptors (Lipinski definition) is 3. The van der Waals surface area contributed by atoms with Gasteiger partial charge in [0, 0.05) is 29.6 Å². The maximum Gasteiger partial charge on any atom is 0.321 e. The molecule has 21 heavy (non-hydrogen) atoms. The normalized spacial score (nSPS) is 17.6. The minimum Gasteiger partial charge on any atom is -0.389 e. The van der Waals surface area contributed by atoms with Crippen molar-refractivity contribution in [2.24, 2.45) is 0 Å². The van der Waals surface area contributed by atoms with E-state index in [9.17, 15) is 9.90 Å². The van der Waals surface area contributed by atoms with Gasteiger partial charge in [-0.1, -0.05) is 24.6 Å². The Labute approximate surface area is 134 Å². The zero-order valence-electron chi connectivity index (χ0n) is 12.1. The van der Waals surface area contributed by atoms with Crippen LogP contribution in [0, 0.1) is 0 Å². The zero-order chi connectivity index (χ0) is 15.3. The molecule has 1 saturated heterocycles. The summed E-state index contributed by atoms with van der Waals surface area (Å²) in [5.41, 5.74) is 0.0583. The van der Waals surface area contributed by atoms with Gasteiger partial charge in [0.05, 0.1) is 5.60 Å². The molecular weight excluding hydrogens is 308 g/mol. The van der Waals surface area contributed by atoms with Gasteiger partial charge < -0.3 is 15.3 Å². The predicted octanol–water partition coefficient (Wildman–Crippen LogP) is 3.45. The lowest BCUT2D eigenvalue weighted by Crippen LogP contribution is -2.49. The van der Waals surface area contributed by atoms with Gasteiger partial charge in [0.25, 0.3) is 0 Å². The van der Waals surface area contributed by atoms with E-state index in [4.69, 9.17) is 11.6 Å². The van der Waals surface area contributed by atoms with Crippen molar-refractivity contribution in [3.05, 3.63) is 29.3 Å². The number of nitrogens with one attached hydrogen (secondary N) is 1. The summed E-state index contributed by atoms with van der Waals surface area (Å²) < 4.78 is 0. The molecule has 1 heterocycles. The molecule has 1 aromatic carbocycles. The van der Waals surface area contributed by atoms with Gasteiger partial charge in [-0.3, -0.25) is 0 Å². The molecule has 0 spiro atoms. The SMILES string of the molecule is CCSCC1(O)CCN(C(=O)Nc2cccc(Cl)c2)CC1. The van der Waals surface area contributed by atoms with Gasteiger partial charge in [0.1, 0.15) is 0 Å². The molecule has 6 heteroatoms. The Morgan fingerprint density at radius 1 is 1.48 bits per heavy atom. The number of carbonyl (C=O) groups excluding carboxylic acids is 1. The second-order valence-corrected chi connectivity index (χ2v) is 7.00. The summed E-state index contributed by atoms with van der Waals surface area (Å²) >= 11 is 7.64. The van der Waals surface area contributed by atoms with E-state index in [1.807, 2.05) is 6.07 Å². The zero-order valence-corrected chi connectivity index (χ0v) is 13.7. The third-order valence-corrected chi connectivity index (χ3v) is 5.02. The highest BCUT2D eigenvalue weighted by Crippen LogP contribution is 2.26. The molecule has 0 bridgehead atoms. The number of carbonyl (C=O) groups is 1. The molecule has 116 valence electrons. The van der Waals surface area contributed by atoms with Crippen molar-refractivity contribution < 1.29 is 9.90 Å². The van der Waals surface area contributed by atoms with Gasteiger partial charge in [-0.15, -0.1) is 0 Å². The second-order valence-electron chi connectivity index (χ2n) is 5.29. The van der Waals surface area contributed by atoms with E-state index in [2.05, 4.69) is 12.2 Å². The van der Waals surface area contributed by atoms with Crippen molar-refractivity contribution >= 4 is 35.1 Å². The highest BCUT2D eigenvalue weighted by molar-refractivity contribution is 7.99. The van der Waals surface area contributed by atoms with Gasteiger partial charge in [-0.2, -0.15) is 11.8 Å². The van der Waals surface area contributed by atoms with Crippen LogP contribution in [0.1, 0.15) is 19.8 Å². The lowest BCUT2D eigenvalue weighted by molar-refractivity contribution is 0.00999. The number of nitrogens with zero attached hydrogens (tertiary/aromatic N) is 1. The number of urea groups is 1. The number of benzene rings is 1. The maximum absolute atomic E-state index is 12.2. The maximum atomic E-state index is 12.2. The highest BCUT2D eigenvalue weighted by atomic mass is 35.5. The van der Waals surface area contributed by atoms with Crippen molar-refractivity contribution in [3.63, 3.8) is 0 Å². The molecule has 0 aromatic heterocycles. The van der Waals surface area contributed by atoms with E-state index in [0.717, 1.165) is 11.5 Å². The summed E-state index contributed by atoms with van der Waals surface area (Å²) in [6.07, 6.45) is 1.26. The summed E-state index contributed by atoms with van der Waals surface area (Å²) in [5.74, 6) is 1.74. The molecular formula is C15H21ClN2O2S. The molecule has 0 radical (unpaired) electrons. The van der Waals surface area contributed by atoms with E-state index >= 15 is 0 Å². The number of rotatable bonds is 4. The van der Waals surface area contributed by atoms with Gasteiger partial charge >= 0.3 is 6.03 Å². The van der Waals surface area contributed by atoms with Crippen molar-refractivity contribution in [2.75, 3.05) is 29.9 Å². The van der Waals surface area contributed by atoms with Gasteiger partial charge in [-0.25, -0.2) is 4.79 Å². The summed E-state index contributed by atoms with van der Waals surface area (Å²) in [4.78, 5) is 13.9. The molecule has 0 atom stereocenters. The van der Waals surface area contributed by atoms with Crippen molar-refractivity contribution in [1.29, 1.82) is 0 Å². The molecule has 2 rings (SSSR count). The predicted molar refractivity (Wildman–Crippen MR) is 89.2 cm³/mol. The van der Waals surface area contributed by atoms with Crippen LogP contribution >= 0.6 is 23.4 Å². The first-order valence-corrected chi connectivity index (χ1v) is 8.67. The van der Waals surface area contributed by atoms with Crippen LogP contribution in [0.3, 0.4) is 0 Å². The monoisotopic (exact) mass is 328 g/mol. The fraction of sp³-hybridized carbons (Fsp3) is 0.533. The minimum absolute atomic E-state index is 0.137. The lowest BCUT2D eigenvalue weighted by atomic mass is 9.94. The molecule has 0 unspecified atom stereocenters. The van der Waals surface area contributed by atoms with Crippen LogP contribution in [-0.2, 0) is 0 Å². The Kier molecular flexibility index (Phi) is 5.79. The summed E-state index contributed by atoms with van der Waals surface area (Å²) in [6.45, 7) is 3.24. The number of hydrogen-bond donors (Lipinski definition) is 2. The third kappa shape index (κ3) is 4.80. The standard InChI is InChI=1S/C15H21ClN2O2S/c1-2-21-11-15(20)6-8-18(9-7-15)14(19)17-13-5-3-4-12(16)10-13/h3-5,10,20H,2,6-9,11H2,1H3,(H,17,19). The van der Waals surface area contributed by atoms with E-state index < -0.39 is 5.60 Å². The van der Waals surface area contributed by atoms with E-state index in [-0.39, 0.29) is 6.03 Å². The fourth-order valence-electron chi connectivity index (χ4n) is 2.33. The molecule has 1 aliphatic rings. The van der Waals surface area contributed by atoms with Gasteiger partial charge in [0.15, 0.2) is 0 Å². The number of amides is 2. The number of halogens is 1. The van der Waals surface area contributed by atoms with E-state index in [0.29, 0.717) is 36.6 Å². The largest absolute Gasteiger partial charge is 0.389 e. The average Bonchev–Trinajstić information content (AvgIpc) is 2.46. The topological polar surface area (TPSA) is 52.6 Å². The van der Waals surface area contributed by atoms with Crippen LogP contribution in [0.15, 0.2) is 24.3 Å².